The molecule has 0 aliphatic heterocycles. The Bertz CT molecular complexity index is 760. The zero-order valence-electron chi connectivity index (χ0n) is 12.9. The van der Waals surface area contributed by atoms with E-state index in [9.17, 15) is 0 Å². The van der Waals surface area contributed by atoms with Gasteiger partial charge in [-0.2, -0.15) is 0 Å². The van der Waals surface area contributed by atoms with E-state index in [2.05, 4.69) is 4.98 Å². The molecule has 3 aromatic rings. The largest absolute Gasteiger partial charge is 0.493 e. The first kappa shape index (κ1) is 14.3. The number of methoxy groups -OCH3 is 2. The molecule has 1 aromatic carbocycles. The molecule has 0 atom stereocenters. The Morgan fingerprint density at radius 2 is 1.95 bits per heavy atom. The Morgan fingerprint density at radius 3 is 2.55 bits per heavy atom. The molecule has 0 radical (unpaired) electrons. The summed E-state index contributed by atoms with van der Waals surface area (Å²) in [5.74, 6) is 3.14. The number of benzene rings is 1. The van der Waals surface area contributed by atoms with Gasteiger partial charge in [0.1, 0.15) is 11.6 Å². The Balaban J connectivity index is 2.11. The minimum absolute atomic E-state index is 0.678. The highest BCUT2D eigenvalue weighted by Crippen LogP contribution is 2.36. The van der Waals surface area contributed by atoms with Crippen LogP contribution in [0.1, 0.15) is 11.4 Å². The third kappa shape index (κ3) is 2.57. The molecule has 2 heterocycles. The summed E-state index contributed by atoms with van der Waals surface area (Å²) in [6.45, 7) is 0. The lowest BCUT2D eigenvalue weighted by atomic mass is 10.0. The molecule has 5 nitrogen and oxygen atoms in total. The first-order chi connectivity index (χ1) is 10.7. The maximum Gasteiger partial charge on any atom is 0.161 e. The molecule has 0 aliphatic carbocycles. The summed E-state index contributed by atoms with van der Waals surface area (Å²) >= 11 is 0. The van der Waals surface area contributed by atoms with Gasteiger partial charge in [0.25, 0.3) is 0 Å². The van der Waals surface area contributed by atoms with Gasteiger partial charge in [0, 0.05) is 31.4 Å². The van der Waals surface area contributed by atoms with Crippen molar-refractivity contribution < 1.29 is 13.9 Å². The Kier molecular flexibility index (Phi) is 3.87. The summed E-state index contributed by atoms with van der Waals surface area (Å²) in [4.78, 5) is 4.39. The summed E-state index contributed by atoms with van der Waals surface area (Å²) in [6, 6.07) is 7.72. The quantitative estimate of drug-likeness (QED) is 0.725. The molecule has 0 N–H and O–H groups in total. The number of hydrogen-bond acceptors (Lipinski definition) is 4. The van der Waals surface area contributed by atoms with Gasteiger partial charge in [-0.25, -0.2) is 4.98 Å². The zero-order valence-corrected chi connectivity index (χ0v) is 12.9. The first-order valence-corrected chi connectivity index (χ1v) is 6.98. The lowest BCUT2D eigenvalue weighted by molar-refractivity contribution is 0.354. The van der Waals surface area contributed by atoms with Gasteiger partial charge in [0.15, 0.2) is 11.5 Å². The topological polar surface area (TPSA) is 49.4 Å². The van der Waals surface area contributed by atoms with Gasteiger partial charge in [0.2, 0.25) is 0 Å². The lowest BCUT2D eigenvalue weighted by Gasteiger charge is -2.14. The van der Waals surface area contributed by atoms with E-state index in [1.165, 1.54) is 0 Å². The van der Waals surface area contributed by atoms with E-state index < -0.39 is 0 Å². The van der Waals surface area contributed by atoms with Crippen LogP contribution in [-0.4, -0.2) is 23.8 Å². The molecule has 2 aromatic heterocycles. The number of rotatable bonds is 5. The molecule has 0 saturated heterocycles. The molecule has 0 saturated carbocycles. The summed E-state index contributed by atoms with van der Waals surface area (Å²) in [5, 5.41) is 0. The van der Waals surface area contributed by atoms with Gasteiger partial charge in [-0.15, -0.1) is 0 Å². The second-order valence-electron chi connectivity index (χ2n) is 4.97. The van der Waals surface area contributed by atoms with Crippen LogP contribution in [0.2, 0.25) is 0 Å². The van der Waals surface area contributed by atoms with Crippen molar-refractivity contribution in [3.8, 4) is 22.8 Å². The number of ether oxygens (including phenoxy) is 2. The highest BCUT2D eigenvalue weighted by atomic mass is 16.5. The molecule has 0 unspecified atom stereocenters. The van der Waals surface area contributed by atoms with Crippen molar-refractivity contribution in [3.63, 3.8) is 0 Å². The highest BCUT2D eigenvalue weighted by Gasteiger charge is 2.16. The van der Waals surface area contributed by atoms with Crippen LogP contribution in [0.3, 0.4) is 0 Å². The van der Waals surface area contributed by atoms with Crippen molar-refractivity contribution in [2.75, 3.05) is 14.2 Å². The summed E-state index contributed by atoms with van der Waals surface area (Å²) in [7, 11) is 5.24. The zero-order chi connectivity index (χ0) is 15.5. The van der Waals surface area contributed by atoms with Crippen LogP contribution >= 0.6 is 0 Å². The van der Waals surface area contributed by atoms with Crippen LogP contribution in [0.5, 0.6) is 11.5 Å². The van der Waals surface area contributed by atoms with Crippen molar-refractivity contribution in [2.45, 2.75) is 6.42 Å². The molecule has 114 valence electrons. The number of hydrogen-bond donors (Lipinski definition) is 0. The normalized spacial score (nSPS) is 10.7. The second kappa shape index (κ2) is 5.97. The van der Waals surface area contributed by atoms with E-state index in [0.717, 1.165) is 22.7 Å². The Labute approximate surface area is 129 Å². The molecule has 0 bridgehead atoms. The summed E-state index contributed by atoms with van der Waals surface area (Å²) < 4.78 is 18.4. The molecule has 22 heavy (non-hydrogen) atoms. The number of aromatic nitrogens is 2. The Morgan fingerprint density at radius 1 is 1.18 bits per heavy atom. The van der Waals surface area contributed by atoms with Crippen LogP contribution < -0.4 is 9.47 Å². The van der Waals surface area contributed by atoms with Crippen LogP contribution in [0.4, 0.5) is 0 Å². The van der Waals surface area contributed by atoms with E-state index in [0.29, 0.717) is 17.9 Å². The van der Waals surface area contributed by atoms with Crippen molar-refractivity contribution >= 4 is 0 Å². The monoisotopic (exact) mass is 298 g/mol. The standard InChI is InChI=1S/C17H18N2O3/c1-19-7-6-18-17(19)10-12-9-15(20-2)16(21-3)11-13(12)14-5-4-8-22-14/h4-9,11H,10H2,1-3H3. The predicted octanol–water partition coefficient (Wildman–Crippen LogP) is 3.29. The predicted molar refractivity (Wildman–Crippen MR) is 83.3 cm³/mol. The number of imidazole rings is 1. The number of nitrogens with zero attached hydrogens (tertiary/aromatic N) is 2. The van der Waals surface area contributed by atoms with E-state index in [4.69, 9.17) is 13.9 Å². The van der Waals surface area contributed by atoms with Gasteiger partial charge in [-0.05, 0) is 29.8 Å². The summed E-state index contributed by atoms with van der Waals surface area (Å²) in [6.07, 6.45) is 6.07. The molecule has 0 spiro atoms. The van der Waals surface area contributed by atoms with E-state index in [-0.39, 0.29) is 0 Å². The van der Waals surface area contributed by atoms with Crippen LogP contribution in [0.25, 0.3) is 11.3 Å². The Hall–Kier alpha value is -2.69. The fraction of sp³-hybridized carbons (Fsp3) is 0.235. The second-order valence-corrected chi connectivity index (χ2v) is 4.97. The first-order valence-electron chi connectivity index (χ1n) is 6.98. The molecule has 0 amide bonds. The molecular formula is C17H18N2O3. The van der Waals surface area contributed by atoms with Gasteiger partial charge in [-0.3, -0.25) is 0 Å². The third-order valence-corrected chi connectivity index (χ3v) is 3.67. The maximum absolute atomic E-state index is 5.56. The fourth-order valence-corrected chi connectivity index (χ4v) is 2.47. The smallest absolute Gasteiger partial charge is 0.161 e. The third-order valence-electron chi connectivity index (χ3n) is 3.67. The SMILES string of the molecule is COc1cc(Cc2nccn2C)c(-c2ccco2)cc1OC. The van der Waals surface area contributed by atoms with Gasteiger partial charge >= 0.3 is 0 Å². The summed E-state index contributed by atoms with van der Waals surface area (Å²) in [5.41, 5.74) is 2.05. The van der Waals surface area contributed by atoms with Crippen LogP contribution in [-0.2, 0) is 13.5 Å². The molecule has 0 aliphatic rings. The number of aryl methyl sites for hydroxylation is 1. The fourth-order valence-electron chi connectivity index (χ4n) is 2.47. The molecule has 0 fully saturated rings. The molecule has 3 rings (SSSR count). The minimum atomic E-state index is 0.678. The lowest BCUT2D eigenvalue weighted by Crippen LogP contribution is -2.01. The van der Waals surface area contributed by atoms with Gasteiger partial charge in [-0.1, -0.05) is 0 Å². The average molecular weight is 298 g/mol. The van der Waals surface area contributed by atoms with Crippen molar-refractivity contribution in [3.05, 3.63) is 54.3 Å². The van der Waals surface area contributed by atoms with Crippen LogP contribution in [0.15, 0.2) is 47.3 Å². The van der Waals surface area contributed by atoms with E-state index in [1.807, 2.05) is 42.1 Å². The molecule has 5 heteroatoms. The average Bonchev–Trinajstić information content (AvgIpc) is 3.19. The van der Waals surface area contributed by atoms with Crippen molar-refractivity contribution in [1.29, 1.82) is 0 Å². The van der Waals surface area contributed by atoms with Crippen molar-refractivity contribution in [2.24, 2.45) is 7.05 Å². The minimum Gasteiger partial charge on any atom is -0.493 e. The number of furan rings is 1. The highest BCUT2D eigenvalue weighted by molar-refractivity contribution is 5.68. The van der Waals surface area contributed by atoms with E-state index in [1.54, 1.807) is 26.7 Å². The van der Waals surface area contributed by atoms with Crippen molar-refractivity contribution in [1.82, 2.24) is 9.55 Å². The van der Waals surface area contributed by atoms with Gasteiger partial charge < -0.3 is 18.5 Å². The van der Waals surface area contributed by atoms with E-state index >= 15 is 0 Å². The van der Waals surface area contributed by atoms with Gasteiger partial charge in [0.05, 0.1) is 20.5 Å². The van der Waals surface area contributed by atoms with Crippen LogP contribution in [0, 0.1) is 0 Å². The maximum atomic E-state index is 5.56. The molecular weight excluding hydrogens is 280 g/mol.